The van der Waals surface area contributed by atoms with Crippen LogP contribution in [0.2, 0.25) is 0 Å². The third-order valence-electron chi connectivity index (χ3n) is 5.67. The lowest BCUT2D eigenvalue weighted by atomic mass is 10.2. The summed E-state index contributed by atoms with van der Waals surface area (Å²) in [5, 5.41) is 4.04. The Kier molecular flexibility index (Phi) is 6.81. The number of ether oxygens (including phenoxy) is 2. The molecule has 0 spiro atoms. The van der Waals surface area contributed by atoms with E-state index in [0.29, 0.717) is 38.7 Å². The lowest BCUT2D eigenvalue weighted by Crippen LogP contribution is -2.40. The van der Waals surface area contributed by atoms with Crippen molar-refractivity contribution in [1.82, 2.24) is 24.6 Å². The van der Waals surface area contributed by atoms with Gasteiger partial charge in [0.25, 0.3) is 0 Å². The molecule has 2 fully saturated rings. The summed E-state index contributed by atoms with van der Waals surface area (Å²) in [6.07, 6.45) is 5.48. The Bertz CT molecular complexity index is 884. The van der Waals surface area contributed by atoms with Crippen LogP contribution in [0.3, 0.4) is 0 Å². The van der Waals surface area contributed by atoms with Crippen molar-refractivity contribution in [1.29, 1.82) is 0 Å². The van der Waals surface area contributed by atoms with Gasteiger partial charge in [-0.3, -0.25) is 14.3 Å². The van der Waals surface area contributed by atoms with Gasteiger partial charge in [-0.2, -0.15) is 5.10 Å². The van der Waals surface area contributed by atoms with Crippen LogP contribution in [0.5, 0.6) is 5.75 Å². The number of methoxy groups -OCH3 is 1. The van der Waals surface area contributed by atoms with Crippen LogP contribution in [0, 0.1) is 5.92 Å². The number of hydrogen-bond acceptors (Lipinski definition) is 6. The Morgan fingerprint density at radius 1 is 1.26 bits per heavy atom. The number of carbonyl (C=O) groups is 2. The monoisotopic (exact) mass is 427 g/mol. The molecule has 1 aromatic heterocycles. The van der Waals surface area contributed by atoms with Crippen molar-refractivity contribution in [2.75, 3.05) is 33.4 Å². The lowest BCUT2D eigenvalue weighted by molar-refractivity contribution is -0.139. The van der Waals surface area contributed by atoms with E-state index in [2.05, 4.69) is 10.1 Å². The summed E-state index contributed by atoms with van der Waals surface area (Å²) < 4.78 is 13.1. The Hall–Kier alpha value is -2.94. The van der Waals surface area contributed by atoms with Crippen LogP contribution < -0.4 is 4.74 Å². The van der Waals surface area contributed by atoms with Gasteiger partial charge in [0.15, 0.2) is 0 Å². The molecule has 31 heavy (non-hydrogen) atoms. The zero-order valence-electron chi connectivity index (χ0n) is 17.9. The highest BCUT2D eigenvalue weighted by Crippen LogP contribution is 2.29. The van der Waals surface area contributed by atoms with E-state index in [9.17, 15) is 9.59 Å². The molecule has 1 aliphatic carbocycles. The molecule has 0 N–H and O–H groups in total. The second-order valence-electron chi connectivity index (χ2n) is 8.21. The van der Waals surface area contributed by atoms with Gasteiger partial charge < -0.3 is 19.3 Å². The summed E-state index contributed by atoms with van der Waals surface area (Å²) in [6.45, 7) is 2.53. The molecule has 1 aromatic carbocycles. The second-order valence-corrected chi connectivity index (χ2v) is 8.21. The van der Waals surface area contributed by atoms with Crippen LogP contribution in [-0.4, -0.2) is 75.8 Å². The number of amides is 2. The molecule has 1 saturated heterocycles. The van der Waals surface area contributed by atoms with Crippen molar-refractivity contribution in [3.63, 3.8) is 0 Å². The minimum Gasteiger partial charge on any atom is -0.497 e. The van der Waals surface area contributed by atoms with Gasteiger partial charge in [0.05, 0.1) is 26.3 Å². The molecule has 1 unspecified atom stereocenters. The van der Waals surface area contributed by atoms with Crippen molar-refractivity contribution in [2.24, 2.45) is 5.92 Å². The third-order valence-corrected chi connectivity index (χ3v) is 5.67. The maximum Gasteiger partial charge on any atom is 0.242 e. The molecule has 1 atom stereocenters. The number of hydrogen-bond donors (Lipinski definition) is 0. The van der Waals surface area contributed by atoms with E-state index in [4.69, 9.17) is 9.47 Å². The average Bonchev–Trinajstić information content (AvgIpc) is 3.49. The van der Waals surface area contributed by atoms with Gasteiger partial charge >= 0.3 is 0 Å². The van der Waals surface area contributed by atoms with Gasteiger partial charge in [-0.15, -0.1) is 0 Å². The molecule has 2 heterocycles. The lowest BCUT2D eigenvalue weighted by Gasteiger charge is -2.25. The zero-order valence-corrected chi connectivity index (χ0v) is 17.9. The van der Waals surface area contributed by atoms with Crippen LogP contribution >= 0.6 is 0 Å². The highest BCUT2D eigenvalue weighted by Gasteiger charge is 2.32. The Labute approximate surface area is 181 Å². The summed E-state index contributed by atoms with van der Waals surface area (Å²) in [7, 11) is 1.63. The molecule has 2 aromatic rings. The van der Waals surface area contributed by atoms with Gasteiger partial charge in [0.2, 0.25) is 11.8 Å². The molecule has 2 amide bonds. The number of carbonyl (C=O) groups excluding carboxylic acids is 2. The molecule has 166 valence electrons. The molecule has 0 radical (unpaired) electrons. The van der Waals surface area contributed by atoms with Gasteiger partial charge in [-0.1, -0.05) is 12.1 Å². The Morgan fingerprint density at radius 3 is 2.87 bits per heavy atom. The van der Waals surface area contributed by atoms with Gasteiger partial charge in [-0.25, -0.2) is 4.98 Å². The molecule has 4 rings (SSSR count). The zero-order chi connectivity index (χ0) is 21.6. The number of nitrogens with zero attached hydrogens (tertiary/aromatic N) is 5. The number of benzene rings is 1. The second kappa shape index (κ2) is 9.91. The van der Waals surface area contributed by atoms with E-state index in [1.165, 1.54) is 19.2 Å². The van der Waals surface area contributed by atoms with Crippen LogP contribution in [-0.2, 0) is 27.4 Å². The van der Waals surface area contributed by atoms with Crippen molar-refractivity contribution >= 4 is 11.8 Å². The van der Waals surface area contributed by atoms with Crippen LogP contribution in [0.25, 0.3) is 0 Å². The molecular weight excluding hydrogens is 398 g/mol. The quantitative estimate of drug-likeness (QED) is 0.600. The first-order valence-corrected chi connectivity index (χ1v) is 10.7. The first kappa shape index (κ1) is 21.3. The van der Waals surface area contributed by atoms with E-state index in [0.717, 1.165) is 11.3 Å². The number of aryl methyl sites for hydroxylation is 1. The minimum atomic E-state index is -0.201. The van der Waals surface area contributed by atoms with E-state index < -0.39 is 0 Å². The molecular formula is C22H29N5O4. The molecule has 9 heteroatoms. The largest absolute Gasteiger partial charge is 0.497 e. The van der Waals surface area contributed by atoms with Gasteiger partial charge in [0.1, 0.15) is 18.4 Å². The first-order valence-electron chi connectivity index (χ1n) is 10.7. The van der Waals surface area contributed by atoms with E-state index in [-0.39, 0.29) is 30.9 Å². The molecule has 9 nitrogen and oxygen atoms in total. The highest BCUT2D eigenvalue weighted by atomic mass is 16.5. The fraction of sp³-hybridized carbons (Fsp3) is 0.545. The summed E-state index contributed by atoms with van der Waals surface area (Å²) >= 11 is 0. The predicted molar refractivity (Wildman–Crippen MR) is 112 cm³/mol. The number of aromatic nitrogens is 3. The highest BCUT2D eigenvalue weighted by molar-refractivity contribution is 5.85. The summed E-state index contributed by atoms with van der Waals surface area (Å²) in [5.74, 6) is 1.22. The van der Waals surface area contributed by atoms with Crippen molar-refractivity contribution in [2.45, 2.75) is 38.5 Å². The third kappa shape index (κ3) is 6.04. The van der Waals surface area contributed by atoms with Crippen LogP contribution in [0.4, 0.5) is 0 Å². The maximum atomic E-state index is 13.0. The fourth-order valence-electron chi connectivity index (χ4n) is 3.69. The first-order chi connectivity index (χ1) is 15.1. The molecule has 2 aliphatic rings. The van der Waals surface area contributed by atoms with E-state index in [1.54, 1.807) is 27.9 Å². The normalized spacial score (nSPS) is 19.4. The van der Waals surface area contributed by atoms with Crippen molar-refractivity contribution in [3.8, 4) is 5.75 Å². The average molecular weight is 428 g/mol. The summed E-state index contributed by atoms with van der Waals surface area (Å²) in [6, 6.07) is 7.70. The van der Waals surface area contributed by atoms with E-state index >= 15 is 0 Å². The minimum absolute atomic E-state index is 0.0590. The standard InChI is InChI=1S/C22H29N5O4/c1-30-19-4-2-3-18(9-19)10-25-11-20(31-14-17-5-6-17)12-26(13-22(25)29)21(28)7-8-27-16-23-15-24-27/h2-4,9,15-17,20H,5-8,10-14H2,1H3. The van der Waals surface area contributed by atoms with Gasteiger partial charge in [0, 0.05) is 32.7 Å². The van der Waals surface area contributed by atoms with Gasteiger partial charge in [-0.05, 0) is 36.5 Å². The van der Waals surface area contributed by atoms with Crippen molar-refractivity contribution < 1.29 is 19.1 Å². The maximum absolute atomic E-state index is 13.0. The van der Waals surface area contributed by atoms with Crippen LogP contribution in [0.1, 0.15) is 24.8 Å². The topological polar surface area (TPSA) is 89.8 Å². The predicted octanol–water partition coefficient (Wildman–Crippen LogP) is 1.34. The molecule has 1 saturated carbocycles. The Balaban J connectivity index is 1.43. The summed E-state index contributed by atoms with van der Waals surface area (Å²) in [5.41, 5.74) is 0.986. The fourth-order valence-corrected chi connectivity index (χ4v) is 3.69. The number of rotatable bonds is 9. The molecule has 1 aliphatic heterocycles. The smallest absolute Gasteiger partial charge is 0.242 e. The van der Waals surface area contributed by atoms with Crippen molar-refractivity contribution in [3.05, 3.63) is 42.5 Å². The molecule has 0 bridgehead atoms. The Morgan fingerprint density at radius 2 is 2.13 bits per heavy atom. The van der Waals surface area contributed by atoms with E-state index in [1.807, 2.05) is 24.3 Å². The van der Waals surface area contributed by atoms with Crippen LogP contribution in [0.15, 0.2) is 36.9 Å². The summed E-state index contributed by atoms with van der Waals surface area (Å²) in [4.78, 5) is 33.2. The SMILES string of the molecule is COc1cccc(CN2CC(OCC3CC3)CN(C(=O)CCn3cncn3)CC2=O)c1.